The van der Waals surface area contributed by atoms with E-state index in [0.29, 0.717) is 38.8 Å². The molecule has 0 spiro atoms. The second-order valence-corrected chi connectivity index (χ2v) is 7.22. The Morgan fingerprint density at radius 3 is 2.30 bits per heavy atom. The Balaban J connectivity index is 2.47. The largest absolute Gasteiger partial charge is 0.383 e. The summed E-state index contributed by atoms with van der Waals surface area (Å²) in [6.07, 6.45) is 4.14. The molecule has 1 unspecified atom stereocenters. The van der Waals surface area contributed by atoms with Crippen molar-refractivity contribution in [3.8, 4) is 0 Å². The Kier molecular flexibility index (Phi) is 8.63. The van der Waals surface area contributed by atoms with Crippen LogP contribution in [0.2, 0.25) is 0 Å². The predicted octanol–water partition coefficient (Wildman–Crippen LogP) is 0.443. The molecule has 1 N–H and O–H groups in total. The molecule has 0 radical (unpaired) electrons. The number of nitrogens with one attached hydrogen (secondary N) is 1. The van der Waals surface area contributed by atoms with E-state index in [-0.39, 0.29) is 5.75 Å². The highest BCUT2D eigenvalue weighted by atomic mass is 32.2. The number of hydrogen-bond acceptors (Lipinski definition) is 5. The topological polar surface area (TPSA) is 67.9 Å². The lowest BCUT2D eigenvalue weighted by molar-refractivity contribution is 0.150. The lowest BCUT2D eigenvalue weighted by Crippen LogP contribution is -2.41. The van der Waals surface area contributed by atoms with E-state index in [1.165, 1.54) is 17.1 Å². The Bertz CT molecular complexity index is 334. The molecule has 0 saturated carbocycles. The Morgan fingerprint density at radius 1 is 1.15 bits per heavy atom. The van der Waals surface area contributed by atoms with Crippen molar-refractivity contribution >= 4 is 10.0 Å². The maximum absolute atomic E-state index is 12.4. The van der Waals surface area contributed by atoms with Gasteiger partial charge in [0.05, 0.1) is 19.0 Å². The van der Waals surface area contributed by atoms with E-state index < -0.39 is 10.0 Å². The molecule has 120 valence electrons. The molecule has 0 amide bonds. The van der Waals surface area contributed by atoms with Crippen LogP contribution in [-0.2, 0) is 19.5 Å². The van der Waals surface area contributed by atoms with Crippen LogP contribution >= 0.6 is 0 Å². The molecule has 0 aromatic heterocycles. The molecule has 0 bridgehead atoms. The van der Waals surface area contributed by atoms with Crippen molar-refractivity contribution in [2.24, 2.45) is 0 Å². The molecule has 1 heterocycles. The smallest absolute Gasteiger partial charge is 0.214 e. The Hall–Kier alpha value is -0.210. The van der Waals surface area contributed by atoms with Crippen LogP contribution in [0, 0.1) is 0 Å². The van der Waals surface area contributed by atoms with Gasteiger partial charge in [0.15, 0.2) is 0 Å². The summed E-state index contributed by atoms with van der Waals surface area (Å²) in [5.74, 6) is 0.193. The van der Waals surface area contributed by atoms with Crippen LogP contribution < -0.4 is 5.32 Å². The van der Waals surface area contributed by atoms with E-state index in [1.54, 1.807) is 14.2 Å². The number of piperidine rings is 1. The number of ether oxygens (including phenoxy) is 2. The van der Waals surface area contributed by atoms with Crippen molar-refractivity contribution in [2.75, 3.05) is 52.8 Å². The maximum Gasteiger partial charge on any atom is 0.214 e. The highest BCUT2D eigenvalue weighted by Crippen LogP contribution is 2.12. The number of sulfonamides is 1. The fraction of sp³-hybridized carbons (Fsp3) is 1.00. The van der Waals surface area contributed by atoms with Crippen molar-refractivity contribution in [1.82, 2.24) is 9.62 Å². The van der Waals surface area contributed by atoms with Crippen molar-refractivity contribution in [3.63, 3.8) is 0 Å². The van der Waals surface area contributed by atoms with Crippen LogP contribution in [0.4, 0.5) is 0 Å². The van der Waals surface area contributed by atoms with Gasteiger partial charge in [0.25, 0.3) is 0 Å². The summed E-state index contributed by atoms with van der Waals surface area (Å²) in [5.41, 5.74) is 0. The zero-order chi connectivity index (χ0) is 14.8. The monoisotopic (exact) mass is 308 g/mol. The molecule has 20 heavy (non-hydrogen) atoms. The van der Waals surface area contributed by atoms with Crippen LogP contribution in [0.5, 0.6) is 0 Å². The van der Waals surface area contributed by atoms with Crippen LogP contribution in [0.3, 0.4) is 0 Å². The first-order valence-electron chi connectivity index (χ1n) is 7.29. The average Bonchev–Trinajstić information content (AvgIpc) is 2.46. The van der Waals surface area contributed by atoms with Crippen LogP contribution in [0.25, 0.3) is 0 Å². The zero-order valence-electron chi connectivity index (χ0n) is 12.6. The molecular formula is C13H28N2O4S. The van der Waals surface area contributed by atoms with Gasteiger partial charge in [-0.05, 0) is 25.8 Å². The lowest BCUT2D eigenvalue weighted by atomic mass is 10.0. The normalized spacial score (nSPS) is 20.4. The standard InChI is InChI=1S/C13H28N2O4S/c1-18-10-8-15(9-11-19-2)20(16,17)12-6-13-5-3-4-7-14-13/h13-14H,3-12H2,1-2H3. The van der Waals surface area contributed by atoms with Gasteiger partial charge in [-0.25, -0.2) is 8.42 Å². The van der Waals surface area contributed by atoms with Crippen LogP contribution in [0.15, 0.2) is 0 Å². The molecule has 1 saturated heterocycles. The summed E-state index contributed by atoms with van der Waals surface area (Å²) >= 11 is 0. The molecule has 0 aromatic carbocycles. The third kappa shape index (κ3) is 6.49. The second-order valence-electron chi connectivity index (χ2n) is 5.14. The average molecular weight is 308 g/mol. The van der Waals surface area contributed by atoms with E-state index in [1.807, 2.05) is 0 Å². The first-order chi connectivity index (χ1) is 9.60. The Morgan fingerprint density at radius 2 is 1.80 bits per heavy atom. The molecule has 7 heteroatoms. The summed E-state index contributed by atoms with van der Waals surface area (Å²) in [4.78, 5) is 0. The van der Waals surface area contributed by atoms with Crippen molar-refractivity contribution in [3.05, 3.63) is 0 Å². The molecule has 1 fully saturated rings. The second kappa shape index (κ2) is 9.68. The number of nitrogens with zero attached hydrogens (tertiary/aromatic N) is 1. The fourth-order valence-corrected chi connectivity index (χ4v) is 3.91. The summed E-state index contributed by atoms with van der Waals surface area (Å²) in [6.45, 7) is 2.59. The molecule has 1 aliphatic rings. The quantitative estimate of drug-likeness (QED) is 0.634. The van der Waals surface area contributed by atoms with Crippen molar-refractivity contribution < 1.29 is 17.9 Å². The van der Waals surface area contributed by atoms with Crippen LogP contribution in [0.1, 0.15) is 25.7 Å². The van der Waals surface area contributed by atoms with Gasteiger partial charge in [-0.1, -0.05) is 6.42 Å². The van der Waals surface area contributed by atoms with E-state index in [4.69, 9.17) is 9.47 Å². The van der Waals surface area contributed by atoms with Gasteiger partial charge in [-0.3, -0.25) is 0 Å². The zero-order valence-corrected chi connectivity index (χ0v) is 13.5. The SMILES string of the molecule is COCCN(CCOC)S(=O)(=O)CCC1CCCCN1. The summed E-state index contributed by atoms with van der Waals surface area (Å²) in [7, 11) is -0.0800. The van der Waals surface area contributed by atoms with Crippen molar-refractivity contribution in [1.29, 1.82) is 0 Å². The molecule has 6 nitrogen and oxygen atoms in total. The number of methoxy groups -OCH3 is 2. The van der Waals surface area contributed by atoms with E-state index >= 15 is 0 Å². The summed E-state index contributed by atoms with van der Waals surface area (Å²) in [6, 6.07) is 0.338. The molecule has 1 rings (SSSR count). The highest BCUT2D eigenvalue weighted by Gasteiger charge is 2.23. The fourth-order valence-electron chi connectivity index (χ4n) is 2.37. The predicted molar refractivity (Wildman–Crippen MR) is 79.4 cm³/mol. The summed E-state index contributed by atoms with van der Waals surface area (Å²) in [5, 5.41) is 3.38. The van der Waals surface area contributed by atoms with Gasteiger partial charge >= 0.3 is 0 Å². The van der Waals surface area contributed by atoms with Crippen LogP contribution in [-0.4, -0.2) is 71.6 Å². The minimum Gasteiger partial charge on any atom is -0.383 e. The Labute approximate surface area is 122 Å². The third-order valence-electron chi connectivity index (χ3n) is 3.62. The first-order valence-corrected chi connectivity index (χ1v) is 8.90. The van der Waals surface area contributed by atoms with Gasteiger partial charge in [-0.15, -0.1) is 0 Å². The lowest BCUT2D eigenvalue weighted by Gasteiger charge is -2.26. The van der Waals surface area contributed by atoms with Crippen molar-refractivity contribution in [2.45, 2.75) is 31.7 Å². The molecular weight excluding hydrogens is 280 g/mol. The third-order valence-corrected chi connectivity index (χ3v) is 5.52. The highest BCUT2D eigenvalue weighted by molar-refractivity contribution is 7.89. The molecule has 0 aromatic rings. The molecule has 0 aliphatic carbocycles. The minimum absolute atomic E-state index is 0.193. The summed E-state index contributed by atoms with van der Waals surface area (Å²) < 4.78 is 36.2. The van der Waals surface area contributed by atoms with E-state index in [2.05, 4.69) is 5.32 Å². The number of rotatable bonds is 10. The van der Waals surface area contributed by atoms with Gasteiger partial charge in [0.2, 0.25) is 10.0 Å². The molecule has 1 aliphatic heterocycles. The minimum atomic E-state index is -3.23. The number of hydrogen-bond donors (Lipinski definition) is 1. The maximum atomic E-state index is 12.4. The van der Waals surface area contributed by atoms with E-state index in [9.17, 15) is 8.42 Å². The van der Waals surface area contributed by atoms with Gasteiger partial charge in [0.1, 0.15) is 0 Å². The molecule has 1 atom stereocenters. The first kappa shape index (κ1) is 17.8. The van der Waals surface area contributed by atoms with Gasteiger partial charge in [-0.2, -0.15) is 4.31 Å². The van der Waals surface area contributed by atoms with Gasteiger partial charge in [0, 0.05) is 33.4 Å². The van der Waals surface area contributed by atoms with E-state index in [0.717, 1.165) is 13.0 Å². The van der Waals surface area contributed by atoms with Gasteiger partial charge < -0.3 is 14.8 Å².